The SMILES string of the molecule is OCCC(F)(F)c1ccn2cnnc2c1. The van der Waals surface area contributed by atoms with Gasteiger partial charge in [-0.15, -0.1) is 10.2 Å². The quantitative estimate of drug-likeness (QED) is 0.833. The van der Waals surface area contributed by atoms with Crippen molar-refractivity contribution >= 4 is 5.65 Å². The van der Waals surface area contributed by atoms with Crippen LogP contribution in [-0.4, -0.2) is 26.3 Å². The second-order valence-corrected chi connectivity index (χ2v) is 3.19. The topological polar surface area (TPSA) is 50.4 Å². The van der Waals surface area contributed by atoms with E-state index < -0.39 is 19.0 Å². The first-order chi connectivity index (χ1) is 7.13. The highest BCUT2D eigenvalue weighted by Crippen LogP contribution is 2.31. The molecular formula is C9H9F2N3O. The monoisotopic (exact) mass is 213 g/mol. The van der Waals surface area contributed by atoms with E-state index in [-0.39, 0.29) is 5.56 Å². The largest absolute Gasteiger partial charge is 0.396 e. The van der Waals surface area contributed by atoms with Crippen molar-refractivity contribution in [3.63, 3.8) is 0 Å². The Morgan fingerprint density at radius 3 is 3.00 bits per heavy atom. The Balaban J connectivity index is 2.42. The third kappa shape index (κ3) is 1.80. The van der Waals surface area contributed by atoms with E-state index in [4.69, 9.17) is 5.11 Å². The minimum atomic E-state index is -3.03. The molecule has 0 radical (unpaired) electrons. The first-order valence-electron chi connectivity index (χ1n) is 4.42. The van der Waals surface area contributed by atoms with E-state index in [0.717, 1.165) is 0 Å². The first kappa shape index (κ1) is 9.97. The maximum Gasteiger partial charge on any atom is 0.275 e. The molecule has 0 fully saturated rings. The fourth-order valence-corrected chi connectivity index (χ4v) is 1.33. The molecule has 0 saturated carbocycles. The van der Waals surface area contributed by atoms with E-state index in [1.807, 2.05) is 0 Å². The van der Waals surface area contributed by atoms with Crippen LogP contribution in [0, 0.1) is 0 Å². The maximum atomic E-state index is 13.4. The summed E-state index contributed by atoms with van der Waals surface area (Å²) in [5, 5.41) is 15.8. The zero-order valence-electron chi connectivity index (χ0n) is 7.77. The molecule has 0 bridgehead atoms. The van der Waals surface area contributed by atoms with Crippen LogP contribution in [0.2, 0.25) is 0 Å². The van der Waals surface area contributed by atoms with Crippen LogP contribution in [0.3, 0.4) is 0 Å². The molecule has 0 aliphatic heterocycles. The number of hydrogen-bond donors (Lipinski definition) is 1. The lowest BCUT2D eigenvalue weighted by molar-refractivity contribution is -0.0269. The molecule has 0 spiro atoms. The van der Waals surface area contributed by atoms with Gasteiger partial charge in [0, 0.05) is 24.8 Å². The van der Waals surface area contributed by atoms with E-state index in [1.54, 1.807) is 4.40 Å². The molecule has 1 N–H and O–H groups in total. The number of halogens is 2. The predicted molar refractivity (Wildman–Crippen MR) is 48.6 cm³/mol. The molecule has 0 saturated heterocycles. The lowest BCUT2D eigenvalue weighted by Gasteiger charge is -2.14. The lowest BCUT2D eigenvalue weighted by Crippen LogP contribution is -2.15. The Hall–Kier alpha value is -1.56. The second kappa shape index (κ2) is 3.54. The Kier molecular flexibility index (Phi) is 2.36. The van der Waals surface area contributed by atoms with Crippen LogP contribution in [0.4, 0.5) is 8.78 Å². The van der Waals surface area contributed by atoms with Crippen molar-refractivity contribution in [2.45, 2.75) is 12.3 Å². The molecule has 15 heavy (non-hydrogen) atoms. The summed E-state index contributed by atoms with van der Waals surface area (Å²) in [5.41, 5.74) is 0.210. The van der Waals surface area contributed by atoms with Crippen molar-refractivity contribution in [1.82, 2.24) is 14.6 Å². The molecule has 0 atom stereocenters. The van der Waals surface area contributed by atoms with Crippen molar-refractivity contribution in [2.75, 3.05) is 6.61 Å². The van der Waals surface area contributed by atoms with E-state index in [9.17, 15) is 8.78 Å². The van der Waals surface area contributed by atoms with Crippen LogP contribution in [0.25, 0.3) is 5.65 Å². The maximum absolute atomic E-state index is 13.4. The number of aliphatic hydroxyl groups is 1. The van der Waals surface area contributed by atoms with Gasteiger partial charge < -0.3 is 5.11 Å². The standard InChI is InChI=1S/C9H9F2N3O/c10-9(11,2-4-15)7-1-3-14-6-12-13-8(14)5-7/h1,3,5-6,15H,2,4H2. The number of pyridine rings is 1. The average Bonchev–Trinajstić information content (AvgIpc) is 2.63. The molecular weight excluding hydrogens is 204 g/mol. The van der Waals surface area contributed by atoms with Crippen LogP contribution in [0.5, 0.6) is 0 Å². The van der Waals surface area contributed by atoms with Crippen molar-refractivity contribution in [2.24, 2.45) is 0 Å². The number of fused-ring (bicyclic) bond motifs is 1. The van der Waals surface area contributed by atoms with Gasteiger partial charge in [-0.05, 0) is 12.1 Å². The molecule has 4 nitrogen and oxygen atoms in total. The summed E-state index contributed by atoms with van der Waals surface area (Å²) >= 11 is 0. The van der Waals surface area contributed by atoms with E-state index >= 15 is 0 Å². The zero-order chi connectivity index (χ0) is 10.9. The van der Waals surface area contributed by atoms with Crippen molar-refractivity contribution in [1.29, 1.82) is 0 Å². The number of rotatable bonds is 3. The van der Waals surface area contributed by atoms with Crippen LogP contribution < -0.4 is 0 Å². The van der Waals surface area contributed by atoms with Gasteiger partial charge in [0.1, 0.15) is 6.33 Å². The summed E-state index contributed by atoms with van der Waals surface area (Å²) in [7, 11) is 0. The van der Waals surface area contributed by atoms with Crippen LogP contribution in [0.15, 0.2) is 24.7 Å². The van der Waals surface area contributed by atoms with Crippen LogP contribution >= 0.6 is 0 Å². The summed E-state index contributed by atoms with van der Waals surface area (Å²) in [4.78, 5) is 0. The van der Waals surface area contributed by atoms with Crippen molar-refractivity contribution < 1.29 is 13.9 Å². The van der Waals surface area contributed by atoms with Crippen molar-refractivity contribution in [3.8, 4) is 0 Å². The van der Waals surface area contributed by atoms with Gasteiger partial charge in [0.25, 0.3) is 5.92 Å². The van der Waals surface area contributed by atoms with Gasteiger partial charge in [0.05, 0.1) is 0 Å². The highest BCUT2D eigenvalue weighted by atomic mass is 19.3. The fourth-order valence-electron chi connectivity index (χ4n) is 1.33. The summed E-state index contributed by atoms with van der Waals surface area (Å²) in [6.07, 6.45) is 2.32. The number of alkyl halides is 2. The van der Waals surface area contributed by atoms with Gasteiger partial charge >= 0.3 is 0 Å². The number of hydrogen-bond acceptors (Lipinski definition) is 3. The Bertz CT molecular complexity index is 469. The Morgan fingerprint density at radius 1 is 1.47 bits per heavy atom. The molecule has 0 amide bonds. The second-order valence-electron chi connectivity index (χ2n) is 3.19. The number of aliphatic hydroxyl groups excluding tert-OH is 1. The molecule has 0 unspecified atom stereocenters. The highest BCUT2D eigenvalue weighted by Gasteiger charge is 2.31. The summed E-state index contributed by atoms with van der Waals surface area (Å²) in [6.45, 7) is -0.551. The van der Waals surface area contributed by atoms with Gasteiger partial charge in [-0.2, -0.15) is 0 Å². The van der Waals surface area contributed by atoms with E-state index in [2.05, 4.69) is 10.2 Å². The Labute approximate surface area is 84.2 Å². The van der Waals surface area contributed by atoms with E-state index in [1.165, 1.54) is 24.7 Å². The molecule has 0 aromatic carbocycles. The van der Waals surface area contributed by atoms with Crippen molar-refractivity contribution in [3.05, 3.63) is 30.2 Å². The average molecular weight is 213 g/mol. The van der Waals surface area contributed by atoms with Crippen LogP contribution in [-0.2, 0) is 5.92 Å². The normalized spacial score (nSPS) is 12.2. The highest BCUT2D eigenvalue weighted by molar-refractivity contribution is 5.41. The number of nitrogens with zero attached hydrogens (tertiary/aromatic N) is 3. The summed E-state index contributed by atoms with van der Waals surface area (Å²) in [6, 6.07) is 2.56. The molecule has 0 aliphatic rings. The van der Waals surface area contributed by atoms with Gasteiger partial charge in [-0.1, -0.05) is 0 Å². The lowest BCUT2D eigenvalue weighted by atomic mass is 10.1. The van der Waals surface area contributed by atoms with E-state index in [0.29, 0.717) is 5.65 Å². The molecule has 2 heterocycles. The minimum Gasteiger partial charge on any atom is -0.396 e. The fraction of sp³-hybridized carbons (Fsp3) is 0.333. The van der Waals surface area contributed by atoms with Gasteiger partial charge in [-0.3, -0.25) is 4.40 Å². The first-order valence-corrected chi connectivity index (χ1v) is 4.42. The van der Waals surface area contributed by atoms with Gasteiger partial charge in [0.15, 0.2) is 5.65 Å². The molecule has 2 aromatic heterocycles. The molecule has 6 heteroatoms. The molecule has 2 rings (SSSR count). The molecule has 0 aliphatic carbocycles. The summed E-state index contributed by atoms with van der Waals surface area (Å²) in [5.74, 6) is -3.03. The Morgan fingerprint density at radius 2 is 2.27 bits per heavy atom. The summed E-state index contributed by atoms with van der Waals surface area (Å²) < 4.78 is 28.3. The minimum absolute atomic E-state index is 0.156. The van der Waals surface area contributed by atoms with Gasteiger partial charge in [0.2, 0.25) is 0 Å². The third-order valence-electron chi connectivity index (χ3n) is 2.15. The smallest absolute Gasteiger partial charge is 0.275 e. The zero-order valence-corrected chi connectivity index (χ0v) is 7.77. The molecule has 2 aromatic rings. The third-order valence-corrected chi connectivity index (χ3v) is 2.15. The predicted octanol–water partition coefficient (Wildman–Crippen LogP) is 1.20. The molecule has 80 valence electrons. The van der Waals surface area contributed by atoms with Crippen LogP contribution in [0.1, 0.15) is 12.0 Å². The number of aromatic nitrogens is 3. The van der Waals surface area contributed by atoms with Gasteiger partial charge in [-0.25, -0.2) is 8.78 Å².